The van der Waals surface area contributed by atoms with Gasteiger partial charge in [-0.15, -0.1) is 0 Å². The van der Waals surface area contributed by atoms with Crippen LogP contribution in [-0.2, 0) is 4.79 Å². The van der Waals surface area contributed by atoms with Gasteiger partial charge in [0.2, 0.25) is 11.0 Å². The molecule has 0 saturated carbocycles. The smallest absolute Gasteiger partial charge is 0.238 e. The molecule has 0 bridgehead atoms. The van der Waals surface area contributed by atoms with E-state index in [-0.39, 0.29) is 12.5 Å². The third kappa shape index (κ3) is 4.26. The van der Waals surface area contributed by atoms with Gasteiger partial charge in [-0.25, -0.2) is 4.98 Å². The van der Waals surface area contributed by atoms with Crippen molar-refractivity contribution in [2.75, 3.05) is 57.1 Å². The van der Waals surface area contributed by atoms with Gasteiger partial charge in [0.1, 0.15) is 16.5 Å². The average molecular weight is 378 g/mol. The van der Waals surface area contributed by atoms with E-state index in [1.807, 2.05) is 6.07 Å². The van der Waals surface area contributed by atoms with E-state index in [0.29, 0.717) is 15.8 Å². The number of amides is 1. The Kier molecular flexibility index (Phi) is 5.96. The number of anilines is 2. The Hall–Kier alpha value is -2.30. The van der Waals surface area contributed by atoms with Gasteiger partial charge >= 0.3 is 0 Å². The van der Waals surface area contributed by atoms with Crippen LogP contribution < -0.4 is 20.7 Å². The first-order chi connectivity index (χ1) is 12.6. The Morgan fingerprint density at radius 3 is 2.85 bits per heavy atom. The van der Waals surface area contributed by atoms with Crippen molar-refractivity contribution in [3.8, 4) is 5.75 Å². The number of likely N-dealkylation sites (N-methyl/N-ethyl adjacent to an activating group) is 1. The number of nitrogens with zero attached hydrogens (tertiary/aromatic N) is 4. The van der Waals surface area contributed by atoms with Crippen LogP contribution in [0.15, 0.2) is 33.1 Å². The molecule has 10 heteroatoms. The largest absolute Gasteiger partial charge is 0.494 e. The Morgan fingerprint density at radius 2 is 2.15 bits per heavy atom. The summed E-state index contributed by atoms with van der Waals surface area (Å²) in [5, 5.41) is 7.49. The molecule has 0 atom stereocenters. The number of ether oxygens (including phenoxy) is 1. The van der Waals surface area contributed by atoms with E-state index in [4.69, 9.17) is 15.0 Å². The van der Waals surface area contributed by atoms with Gasteiger partial charge in [-0.2, -0.15) is 0 Å². The first-order valence-electron chi connectivity index (χ1n) is 8.20. The second kappa shape index (κ2) is 8.39. The fourth-order valence-corrected chi connectivity index (χ4v) is 3.35. The number of carbonyl (C=O) groups excluding carboxylic acids is 1. The Bertz CT molecular complexity index is 760. The molecule has 2 aromatic rings. The summed E-state index contributed by atoms with van der Waals surface area (Å²) in [7, 11) is 3.76. The van der Waals surface area contributed by atoms with Gasteiger partial charge in [0.25, 0.3) is 0 Å². The molecule has 0 radical (unpaired) electrons. The maximum atomic E-state index is 11.5. The molecule has 1 saturated heterocycles. The number of hydrogen-bond donors (Lipinski definition) is 2. The standard InChI is InChI=1S/C16H22N6O3S/c1-21-3-5-22(6-4-21)12-10-18-15(7-13(12)24-2)26-16-11(9-19-25-16)20-14(23)8-17/h7,9-10H,3-6,8,17H2,1-2H3,(H,20,23). The maximum Gasteiger partial charge on any atom is 0.238 e. The summed E-state index contributed by atoms with van der Waals surface area (Å²) in [6, 6.07) is 1.86. The topological polar surface area (TPSA) is 110 Å². The van der Waals surface area contributed by atoms with Gasteiger partial charge < -0.3 is 30.1 Å². The number of nitrogens with two attached hydrogens (primary N) is 1. The number of carbonyl (C=O) groups is 1. The predicted molar refractivity (Wildman–Crippen MR) is 98.8 cm³/mol. The fraction of sp³-hybridized carbons (Fsp3) is 0.438. The Labute approximate surface area is 155 Å². The summed E-state index contributed by atoms with van der Waals surface area (Å²) >= 11 is 1.26. The van der Waals surface area contributed by atoms with Gasteiger partial charge in [0.15, 0.2) is 0 Å². The molecular weight excluding hydrogens is 356 g/mol. The lowest BCUT2D eigenvalue weighted by atomic mass is 10.2. The molecule has 1 amide bonds. The summed E-state index contributed by atoms with van der Waals surface area (Å²) in [5.41, 5.74) is 6.76. The lowest BCUT2D eigenvalue weighted by molar-refractivity contribution is -0.114. The molecule has 1 aliphatic heterocycles. The molecule has 1 aliphatic rings. The number of aromatic nitrogens is 2. The van der Waals surface area contributed by atoms with Gasteiger partial charge in [-0.1, -0.05) is 5.16 Å². The van der Waals surface area contributed by atoms with Crippen molar-refractivity contribution >= 4 is 29.0 Å². The summed E-state index contributed by atoms with van der Waals surface area (Å²) in [6.45, 7) is 3.75. The summed E-state index contributed by atoms with van der Waals surface area (Å²) in [5.74, 6) is 0.435. The van der Waals surface area contributed by atoms with E-state index in [2.05, 4.69) is 32.3 Å². The Balaban J connectivity index is 1.76. The summed E-state index contributed by atoms with van der Waals surface area (Å²) in [4.78, 5) is 20.5. The van der Waals surface area contributed by atoms with Crippen LogP contribution in [0.1, 0.15) is 0 Å². The van der Waals surface area contributed by atoms with Crippen LogP contribution in [0.4, 0.5) is 11.4 Å². The lowest BCUT2D eigenvalue weighted by Gasteiger charge is -2.34. The van der Waals surface area contributed by atoms with Crippen LogP contribution >= 0.6 is 11.8 Å². The van der Waals surface area contributed by atoms with Gasteiger partial charge in [-0.3, -0.25) is 4.79 Å². The highest BCUT2D eigenvalue weighted by Gasteiger charge is 2.20. The minimum absolute atomic E-state index is 0.110. The predicted octanol–water partition coefficient (Wildman–Crippen LogP) is 0.878. The quantitative estimate of drug-likeness (QED) is 0.757. The van der Waals surface area contributed by atoms with E-state index in [1.165, 1.54) is 18.0 Å². The van der Waals surface area contributed by atoms with Crippen molar-refractivity contribution in [2.24, 2.45) is 5.73 Å². The fourth-order valence-electron chi connectivity index (χ4n) is 2.60. The molecule has 0 unspecified atom stereocenters. The SMILES string of the molecule is COc1cc(Sc2oncc2NC(=O)CN)ncc1N1CCN(C)CC1. The van der Waals surface area contributed by atoms with E-state index in [1.54, 1.807) is 13.3 Å². The minimum atomic E-state index is -0.314. The number of rotatable bonds is 6. The first-order valence-corrected chi connectivity index (χ1v) is 9.02. The average Bonchev–Trinajstić information content (AvgIpc) is 3.09. The molecule has 2 aromatic heterocycles. The van der Waals surface area contributed by atoms with Crippen molar-refractivity contribution in [3.63, 3.8) is 0 Å². The number of methoxy groups -OCH3 is 1. The number of nitrogens with one attached hydrogen (secondary N) is 1. The van der Waals surface area contributed by atoms with Gasteiger partial charge in [0.05, 0.1) is 31.7 Å². The molecule has 0 aliphatic carbocycles. The van der Waals surface area contributed by atoms with Gasteiger partial charge in [-0.05, 0) is 18.8 Å². The lowest BCUT2D eigenvalue weighted by Crippen LogP contribution is -2.44. The van der Waals surface area contributed by atoms with Crippen LogP contribution in [0, 0.1) is 0 Å². The number of pyridine rings is 1. The number of piperazine rings is 1. The first kappa shape index (κ1) is 18.5. The second-order valence-electron chi connectivity index (χ2n) is 5.87. The van der Waals surface area contributed by atoms with E-state index >= 15 is 0 Å². The molecule has 0 spiro atoms. The number of hydrogen-bond acceptors (Lipinski definition) is 9. The highest BCUT2D eigenvalue weighted by atomic mass is 32.2. The van der Waals surface area contributed by atoms with Crippen molar-refractivity contribution < 1.29 is 14.1 Å². The van der Waals surface area contributed by atoms with Crippen LogP contribution in [0.25, 0.3) is 0 Å². The summed E-state index contributed by atoms with van der Waals surface area (Å²) in [6.07, 6.45) is 3.24. The third-order valence-corrected chi connectivity index (χ3v) is 4.99. The van der Waals surface area contributed by atoms with Crippen LogP contribution in [-0.4, -0.2) is 67.8 Å². The zero-order chi connectivity index (χ0) is 18.5. The normalized spacial score (nSPS) is 15.1. The highest BCUT2D eigenvalue weighted by Crippen LogP contribution is 2.37. The summed E-state index contributed by atoms with van der Waals surface area (Å²) < 4.78 is 10.8. The van der Waals surface area contributed by atoms with E-state index in [9.17, 15) is 4.79 Å². The van der Waals surface area contributed by atoms with Crippen LogP contribution in [0.2, 0.25) is 0 Å². The van der Waals surface area contributed by atoms with E-state index < -0.39 is 0 Å². The van der Waals surface area contributed by atoms with Gasteiger partial charge in [0, 0.05) is 32.2 Å². The maximum absolute atomic E-state index is 11.5. The van der Waals surface area contributed by atoms with Crippen LogP contribution in [0.3, 0.4) is 0 Å². The molecule has 9 nitrogen and oxygen atoms in total. The molecule has 3 heterocycles. The minimum Gasteiger partial charge on any atom is -0.494 e. The monoisotopic (exact) mass is 378 g/mol. The highest BCUT2D eigenvalue weighted by molar-refractivity contribution is 7.99. The molecule has 3 N–H and O–H groups in total. The molecule has 1 fully saturated rings. The molecular formula is C16H22N6O3S. The molecule has 140 valence electrons. The van der Waals surface area contributed by atoms with Crippen LogP contribution in [0.5, 0.6) is 5.75 Å². The van der Waals surface area contributed by atoms with Crippen molar-refractivity contribution in [2.45, 2.75) is 10.1 Å². The molecule has 0 aromatic carbocycles. The second-order valence-corrected chi connectivity index (χ2v) is 6.86. The zero-order valence-electron chi connectivity index (χ0n) is 14.8. The Morgan fingerprint density at radius 1 is 1.38 bits per heavy atom. The molecule has 3 rings (SSSR count). The van der Waals surface area contributed by atoms with E-state index in [0.717, 1.165) is 37.6 Å². The van der Waals surface area contributed by atoms with Crippen molar-refractivity contribution in [1.29, 1.82) is 0 Å². The zero-order valence-corrected chi connectivity index (χ0v) is 15.6. The van der Waals surface area contributed by atoms with Crippen molar-refractivity contribution in [1.82, 2.24) is 15.0 Å². The molecule has 26 heavy (non-hydrogen) atoms. The van der Waals surface area contributed by atoms with Crippen molar-refractivity contribution in [3.05, 3.63) is 18.5 Å². The third-order valence-electron chi connectivity index (χ3n) is 4.08.